The quantitative estimate of drug-likeness (QED) is 0.131. The van der Waals surface area contributed by atoms with Gasteiger partial charge in [0, 0.05) is 52.4 Å². The van der Waals surface area contributed by atoms with E-state index < -0.39 is 47.8 Å². The topological polar surface area (TPSA) is 298 Å². The minimum atomic E-state index is -0.833. The molecule has 0 amide bonds. The van der Waals surface area contributed by atoms with Crippen molar-refractivity contribution in [3.63, 3.8) is 0 Å². The third-order valence-electron chi connectivity index (χ3n) is 2.78. The summed E-state index contributed by atoms with van der Waals surface area (Å²) in [4.78, 5) is 75.6. The lowest BCUT2D eigenvalue weighted by molar-refractivity contribution is -0.138. The molecule has 8 N–H and O–H groups in total. The molecule has 44 heavy (non-hydrogen) atoms. The van der Waals surface area contributed by atoms with Crippen molar-refractivity contribution in [2.24, 2.45) is 0 Å². The normalized spacial score (nSPS) is 7.82. The van der Waals surface area contributed by atoms with Gasteiger partial charge in [0.25, 0.3) is 11.9 Å². The number of hydrogen-bond acceptors (Lipinski definition) is 8. The van der Waals surface area contributed by atoms with Crippen molar-refractivity contribution in [3.05, 3.63) is 0 Å². The van der Waals surface area contributed by atoms with Crippen LogP contribution in [0.3, 0.4) is 0 Å². The summed E-state index contributed by atoms with van der Waals surface area (Å²) in [5.74, 6) is -5.93. The van der Waals surface area contributed by atoms with Crippen molar-refractivity contribution in [1.82, 2.24) is 0 Å². The van der Waals surface area contributed by atoms with Crippen LogP contribution in [-0.4, -0.2) is 88.6 Å². The van der Waals surface area contributed by atoms with E-state index in [1.54, 1.807) is 0 Å². The van der Waals surface area contributed by atoms with E-state index in [1.165, 1.54) is 0 Å². The SMILES string of the molecule is CC(=O)O.CC(=O)O.CCCC(=O)O.CCCC(=O)O.CCCC(=O)O.CCCC(=O)O.CCCC(=O)O.CCCC(=O)O. The second-order valence-corrected chi connectivity index (χ2v) is 7.90. The Morgan fingerprint density at radius 3 is 0.364 bits per heavy atom. The maximum absolute atomic E-state index is 9.60. The summed E-state index contributed by atoms with van der Waals surface area (Å²) in [5.41, 5.74) is 0. The Balaban J connectivity index is -0.0000000564. The van der Waals surface area contributed by atoms with E-state index in [0.29, 0.717) is 38.5 Å². The average Bonchev–Trinajstić information content (AvgIpc) is 2.80. The number of aliphatic carboxylic acids is 8. The van der Waals surface area contributed by atoms with Crippen LogP contribution < -0.4 is 0 Å². The zero-order valence-electron chi connectivity index (χ0n) is 27.3. The number of carboxylic acids is 8. The predicted molar refractivity (Wildman–Crippen MR) is 162 cm³/mol. The van der Waals surface area contributed by atoms with Gasteiger partial charge >= 0.3 is 35.8 Å². The van der Waals surface area contributed by atoms with E-state index in [-0.39, 0.29) is 0 Å². The minimum Gasteiger partial charge on any atom is -0.481 e. The second kappa shape index (κ2) is 54.8. The Hall–Kier alpha value is -4.24. The van der Waals surface area contributed by atoms with Crippen molar-refractivity contribution < 1.29 is 79.2 Å². The first-order valence-electron chi connectivity index (χ1n) is 13.8. The monoisotopic (exact) mass is 648 g/mol. The highest BCUT2D eigenvalue weighted by atomic mass is 16.4. The summed E-state index contributed by atoms with van der Waals surface area (Å²) in [6, 6.07) is 0. The van der Waals surface area contributed by atoms with E-state index >= 15 is 0 Å². The first-order valence-corrected chi connectivity index (χ1v) is 13.8. The van der Waals surface area contributed by atoms with E-state index in [2.05, 4.69) is 0 Å². The van der Waals surface area contributed by atoms with Gasteiger partial charge in [-0.1, -0.05) is 41.5 Å². The summed E-state index contributed by atoms with van der Waals surface area (Å²) in [6.45, 7) is 13.2. The molecule has 16 nitrogen and oxygen atoms in total. The highest BCUT2D eigenvalue weighted by Gasteiger charge is 1.90. The van der Waals surface area contributed by atoms with Crippen LogP contribution >= 0.6 is 0 Å². The fraction of sp³-hybridized carbons (Fsp3) is 0.714. The highest BCUT2D eigenvalue weighted by Crippen LogP contribution is 1.84. The predicted octanol–water partition coefficient (Wildman–Crippen LogP) is 5.41. The van der Waals surface area contributed by atoms with Gasteiger partial charge in [0.1, 0.15) is 0 Å². The molecule has 0 spiro atoms. The van der Waals surface area contributed by atoms with Crippen LogP contribution in [0.2, 0.25) is 0 Å². The fourth-order valence-corrected chi connectivity index (χ4v) is 1.28. The minimum absolute atomic E-state index is 0.292. The zero-order valence-corrected chi connectivity index (χ0v) is 27.3. The molecule has 16 heteroatoms. The van der Waals surface area contributed by atoms with Gasteiger partial charge in [-0.2, -0.15) is 0 Å². The Kier molecular flexibility index (Phi) is 73.7. The Bertz CT molecular complexity index is 574. The van der Waals surface area contributed by atoms with Crippen LogP contribution in [0, 0.1) is 0 Å². The third kappa shape index (κ3) is 269. The van der Waals surface area contributed by atoms with Crippen molar-refractivity contribution in [1.29, 1.82) is 0 Å². The van der Waals surface area contributed by atoms with Crippen molar-refractivity contribution in [2.75, 3.05) is 0 Å². The molecule has 0 aromatic carbocycles. The molecule has 264 valence electrons. The second-order valence-electron chi connectivity index (χ2n) is 7.90. The molecule has 0 bridgehead atoms. The molecule has 0 heterocycles. The summed E-state index contributed by atoms with van der Waals surface area (Å²) in [6.07, 6.45) is 6.14. The lowest BCUT2D eigenvalue weighted by atomic mass is 10.4. The van der Waals surface area contributed by atoms with E-state index in [4.69, 9.17) is 50.4 Å². The maximum Gasteiger partial charge on any atom is 0.303 e. The first-order chi connectivity index (χ1) is 20.1. The van der Waals surface area contributed by atoms with Gasteiger partial charge in [-0.25, -0.2) is 0 Å². The Morgan fingerprint density at radius 1 is 0.295 bits per heavy atom. The molecule has 0 aliphatic rings. The molecule has 0 saturated carbocycles. The van der Waals surface area contributed by atoms with Gasteiger partial charge < -0.3 is 40.9 Å². The molecule has 0 unspecified atom stereocenters. The Morgan fingerprint density at radius 2 is 0.364 bits per heavy atom. The van der Waals surface area contributed by atoms with Crippen LogP contribution in [-0.2, 0) is 38.4 Å². The van der Waals surface area contributed by atoms with Crippen molar-refractivity contribution in [2.45, 2.75) is 132 Å². The molecule has 0 rings (SSSR count). The van der Waals surface area contributed by atoms with Gasteiger partial charge in [0.05, 0.1) is 0 Å². The smallest absolute Gasteiger partial charge is 0.303 e. The number of rotatable bonds is 12. The highest BCUT2D eigenvalue weighted by molar-refractivity contribution is 5.68. The maximum atomic E-state index is 9.60. The summed E-state index contributed by atoms with van der Waals surface area (Å²) < 4.78 is 0. The molecule has 0 aromatic heterocycles. The van der Waals surface area contributed by atoms with Crippen LogP contribution in [0.15, 0.2) is 0 Å². The van der Waals surface area contributed by atoms with E-state index in [0.717, 1.165) is 52.4 Å². The van der Waals surface area contributed by atoms with Crippen molar-refractivity contribution >= 4 is 47.8 Å². The molecular formula is C28H56O16. The van der Waals surface area contributed by atoms with Gasteiger partial charge in [-0.05, 0) is 38.5 Å². The van der Waals surface area contributed by atoms with Gasteiger partial charge in [-0.15, -0.1) is 0 Å². The Labute approximate surface area is 259 Å². The number of carboxylic acid groups (broad SMARTS) is 8. The van der Waals surface area contributed by atoms with Crippen LogP contribution in [0.25, 0.3) is 0 Å². The van der Waals surface area contributed by atoms with Crippen LogP contribution in [0.1, 0.15) is 132 Å². The standard InChI is InChI=1S/6C4H8O2.2C2H4O2/c6*1-2-3-4(5)6;2*1-2(3)4/h6*2-3H2,1H3,(H,5,6);2*1H3,(H,3,4). The molecule has 0 aromatic rings. The summed E-state index contributed by atoms with van der Waals surface area (Å²) in [7, 11) is 0. The molecule has 0 aliphatic carbocycles. The number of hydrogen-bond donors (Lipinski definition) is 8. The van der Waals surface area contributed by atoms with Crippen LogP contribution in [0.4, 0.5) is 0 Å². The first kappa shape index (κ1) is 59.2. The molecule has 0 atom stereocenters. The molecule has 0 fully saturated rings. The zero-order chi connectivity index (χ0) is 37.1. The van der Waals surface area contributed by atoms with E-state index in [9.17, 15) is 28.8 Å². The van der Waals surface area contributed by atoms with E-state index in [1.807, 2.05) is 41.5 Å². The average molecular weight is 649 g/mol. The molecular weight excluding hydrogens is 592 g/mol. The summed E-state index contributed by atoms with van der Waals surface area (Å²) in [5, 5.41) is 62.3. The fourth-order valence-electron chi connectivity index (χ4n) is 1.28. The van der Waals surface area contributed by atoms with Gasteiger partial charge in [0.2, 0.25) is 0 Å². The van der Waals surface area contributed by atoms with Crippen LogP contribution in [0.5, 0.6) is 0 Å². The molecule has 0 radical (unpaired) electrons. The lowest BCUT2D eigenvalue weighted by Crippen LogP contribution is -1.90. The third-order valence-corrected chi connectivity index (χ3v) is 2.78. The summed E-state index contributed by atoms with van der Waals surface area (Å²) >= 11 is 0. The lowest BCUT2D eigenvalue weighted by Gasteiger charge is -1.79. The van der Waals surface area contributed by atoms with Gasteiger partial charge in [0.15, 0.2) is 0 Å². The van der Waals surface area contributed by atoms with Crippen molar-refractivity contribution in [3.8, 4) is 0 Å². The largest absolute Gasteiger partial charge is 0.481 e. The molecule has 0 saturated heterocycles. The number of carbonyl (C=O) groups is 8. The van der Waals surface area contributed by atoms with Gasteiger partial charge in [-0.3, -0.25) is 38.4 Å². The molecule has 0 aliphatic heterocycles.